The van der Waals surface area contributed by atoms with Gasteiger partial charge in [0, 0.05) is 44.3 Å². The molecule has 2 heterocycles. The van der Waals surface area contributed by atoms with Crippen molar-refractivity contribution >= 4 is 11.8 Å². The molecule has 2 saturated heterocycles. The summed E-state index contributed by atoms with van der Waals surface area (Å²) in [6.07, 6.45) is 5.79. The molecular formula is C23H32FN3O2. The Morgan fingerprint density at radius 3 is 2.45 bits per heavy atom. The molecule has 6 heteroatoms. The van der Waals surface area contributed by atoms with Crippen LogP contribution in [0.25, 0.3) is 0 Å². The van der Waals surface area contributed by atoms with Crippen molar-refractivity contribution in [2.75, 3.05) is 32.7 Å². The number of amides is 2. The monoisotopic (exact) mass is 401 g/mol. The van der Waals surface area contributed by atoms with Crippen molar-refractivity contribution in [3.05, 3.63) is 47.3 Å². The zero-order valence-corrected chi connectivity index (χ0v) is 17.5. The van der Waals surface area contributed by atoms with E-state index in [0.717, 1.165) is 45.3 Å². The molecule has 0 radical (unpaired) electrons. The maximum absolute atomic E-state index is 13.1. The van der Waals surface area contributed by atoms with E-state index in [1.54, 1.807) is 4.90 Å². The van der Waals surface area contributed by atoms with Crippen LogP contribution in [0.4, 0.5) is 4.39 Å². The Morgan fingerprint density at radius 2 is 1.79 bits per heavy atom. The molecule has 0 saturated carbocycles. The molecule has 158 valence electrons. The van der Waals surface area contributed by atoms with E-state index in [2.05, 4.69) is 30.1 Å². The first-order valence-electron chi connectivity index (χ1n) is 10.6. The number of hydrogen-bond acceptors (Lipinski definition) is 3. The molecule has 2 fully saturated rings. The maximum atomic E-state index is 13.1. The Labute approximate surface area is 172 Å². The number of benzene rings is 1. The van der Waals surface area contributed by atoms with Gasteiger partial charge >= 0.3 is 0 Å². The van der Waals surface area contributed by atoms with E-state index in [1.807, 2.05) is 0 Å². The van der Waals surface area contributed by atoms with Gasteiger partial charge in [-0.3, -0.25) is 14.5 Å². The minimum absolute atomic E-state index is 0.0596. The maximum Gasteiger partial charge on any atom is 0.253 e. The Bertz CT molecular complexity index is 735. The quantitative estimate of drug-likeness (QED) is 0.771. The van der Waals surface area contributed by atoms with E-state index in [-0.39, 0.29) is 29.6 Å². The predicted octanol–water partition coefficient (Wildman–Crippen LogP) is 3.22. The first-order chi connectivity index (χ1) is 13.9. The van der Waals surface area contributed by atoms with Crippen molar-refractivity contribution in [3.63, 3.8) is 0 Å². The first-order valence-corrected chi connectivity index (χ1v) is 10.6. The van der Waals surface area contributed by atoms with Gasteiger partial charge in [0.1, 0.15) is 5.82 Å². The average Bonchev–Trinajstić information content (AvgIpc) is 2.73. The molecule has 5 nitrogen and oxygen atoms in total. The summed E-state index contributed by atoms with van der Waals surface area (Å²) in [6.45, 7) is 8.27. The molecule has 0 bridgehead atoms. The highest BCUT2D eigenvalue weighted by Crippen LogP contribution is 2.20. The highest BCUT2D eigenvalue weighted by atomic mass is 19.1. The second-order valence-corrected chi connectivity index (χ2v) is 8.46. The summed E-state index contributed by atoms with van der Waals surface area (Å²) in [5.74, 6) is -0.597. The second-order valence-electron chi connectivity index (χ2n) is 8.46. The lowest BCUT2D eigenvalue weighted by Gasteiger charge is -2.35. The number of piperidine rings is 2. The van der Waals surface area contributed by atoms with Gasteiger partial charge in [-0.2, -0.15) is 0 Å². The molecular weight excluding hydrogens is 369 g/mol. The highest BCUT2D eigenvalue weighted by Gasteiger charge is 2.30. The van der Waals surface area contributed by atoms with Crippen LogP contribution in [0.3, 0.4) is 0 Å². The van der Waals surface area contributed by atoms with Crippen molar-refractivity contribution < 1.29 is 14.0 Å². The van der Waals surface area contributed by atoms with Crippen LogP contribution < -0.4 is 5.32 Å². The molecule has 1 aromatic carbocycles. The smallest absolute Gasteiger partial charge is 0.253 e. The van der Waals surface area contributed by atoms with Crippen LogP contribution in [0.1, 0.15) is 49.9 Å². The highest BCUT2D eigenvalue weighted by molar-refractivity contribution is 5.94. The summed E-state index contributed by atoms with van der Waals surface area (Å²) in [4.78, 5) is 29.6. The van der Waals surface area contributed by atoms with Crippen LogP contribution in [-0.4, -0.2) is 60.4 Å². The van der Waals surface area contributed by atoms with E-state index < -0.39 is 0 Å². The third-order valence-electron chi connectivity index (χ3n) is 5.86. The summed E-state index contributed by atoms with van der Waals surface area (Å²) in [7, 11) is 0. The number of hydrogen-bond donors (Lipinski definition) is 1. The summed E-state index contributed by atoms with van der Waals surface area (Å²) in [5, 5.41) is 3.21. The second kappa shape index (κ2) is 10.0. The number of carbonyl (C=O) groups is 2. The third kappa shape index (κ3) is 6.13. The van der Waals surface area contributed by atoms with Crippen LogP contribution in [0.2, 0.25) is 0 Å². The zero-order valence-electron chi connectivity index (χ0n) is 17.5. The van der Waals surface area contributed by atoms with Gasteiger partial charge in [-0.25, -0.2) is 4.39 Å². The number of halogens is 1. The minimum atomic E-state index is -0.357. The largest absolute Gasteiger partial charge is 0.353 e. The van der Waals surface area contributed by atoms with E-state index in [4.69, 9.17) is 0 Å². The number of carbonyl (C=O) groups excluding carboxylic acids is 2. The van der Waals surface area contributed by atoms with Crippen LogP contribution in [0, 0.1) is 11.7 Å². The van der Waals surface area contributed by atoms with Crippen molar-refractivity contribution in [2.24, 2.45) is 5.92 Å². The van der Waals surface area contributed by atoms with E-state index >= 15 is 0 Å². The molecule has 29 heavy (non-hydrogen) atoms. The zero-order chi connectivity index (χ0) is 20.8. The summed E-state index contributed by atoms with van der Waals surface area (Å²) >= 11 is 0. The molecule has 0 spiro atoms. The lowest BCUT2D eigenvalue weighted by atomic mass is 9.95. The van der Waals surface area contributed by atoms with Gasteiger partial charge in [0.05, 0.1) is 5.92 Å². The average molecular weight is 402 g/mol. The molecule has 3 rings (SSSR count). The van der Waals surface area contributed by atoms with Crippen molar-refractivity contribution in [3.8, 4) is 0 Å². The Kier molecular flexibility index (Phi) is 7.42. The topological polar surface area (TPSA) is 52.7 Å². The molecule has 2 aliphatic heterocycles. The van der Waals surface area contributed by atoms with Crippen molar-refractivity contribution in [1.29, 1.82) is 0 Å². The van der Waals surface area contributed by atoms with E-state index in [0.29, 0.717) is 18.7 Å². The van der Waals surface area contributed by atoms with Gasteiger partial charge in [0.15, 0.2) is 0 Å². The van der Waals surface area contributed by atoms with Gasteiger partial charge in [-0.05, 0) is 63.8 Å². The standard InChI is InChI=1S/C23H32FN3O2/c1-17(2)9-13-26-14-10-21(11-15-26)25-22(28)19-4-3-12-27(16-19)23(29)18-5-7-20(24)8-6-18/h5-9,19,21H,3-4,10-16H2,1-2H3,(H,25,28). The lowest BCUT2D eigenvalue weighted by Crippen LogP contribution is -2.50. The first kappa shape index (κ1) is 21.5. The fraction of sp³-hybridized carbons (Fsp3) is 0.565. The normalized spacial score (nSPS) is 20.9. The molecule has 1 N–H and O–H groups in total. The van der Waals surface area contributed by atoms with Crippen LogP contribution in [-0.2, 0) is 4.79 Å². The Balaban J connectivity index is 1.48. The number of rotatable bonds is 5. The molecule has 1 atom stereocenters. The molecule has 1 unspecified atom stereocenters. The van der Waals surface area contributed by atoms with E-state index in [9.17, 15) is 14.0 Å². The number of nitrogens with one attached hydrogen (secondary N) is 1. The number of allylic oxidation sites excluding steroid dienone is 1. The van der Waals surface area contributed by atoms with Gasteiger partial charge < -0.3 is 10.2 Å². The fourth-order valence-corrected chi connectivity index (χ4v) is 4.04. The van der Waals surface area contributed by atoms with Crippen molar-refractivity contribution in [1.82, 2.24) is 15.1 Å². The summed E-state index contributed by atoms with van der Waals surface area (Å²) in [5.41, 5.74) is 1.80. The van der Waals surface area contributed by atoms with Crippen LogP contribution in [0.5, 0.6) is 0 Å². The van der Waals surface area contributed by atoms with Crippen molar-refractivity contribution in [2.45, 2.75) is 45.6 Å². The molecule has 2 aliphatic rings. The number of nitrogens with zero attached hydrogens (tertiary/aromatic N) is 2. The van der Waals surface area contributed by atoms with Gasteiger partial charge in [0.2, 0.25) is 5.91 Å². The predicted molar refractivity (Wildman–Crippen MR) is 112 cm³/mol. The minimum Gasteiger partial charge on any atom is -0.353 e. The van der Waals surface area contributed by atoms with Gasteiger partial charge in [0.25, 0.3) is 5.91 Å². The summed E-state index contributed by atoms with van der Waals surface area (Å²) < 4.78 is 13.1. The molecule has 2 amide bonds. The molecule has 0 aromatic heterocycles. The Morgan fingerprint density at radius 1 is 1.10 bits per heavy atom. The van der Waals surface area contributed by atoms with Crippen LogP contribution >= 0.6 is 0 Å². The SMILES string of the molecule is CC(C)=CCN1CCC(NC(=O)C2CCCN(C(=O)c3ccc(F)cc3)C2)CC1. The molecule has 0 aliphatic carbocycles. The molecule has 1 aromatic rings. The summed E-state index contributed by atoms with van der Waals surface area (Å²) in [6, 6.07) is 5.82. The van der Waals surface area contributed by atoms with Gasteiger partial charge in [-0.15, -0.1) is 0 Å². The number of likely N-dealkylation sites (tertiary alicyclic amines) is 2. The Hall–Kier alpha value is -2.21. The van der Waals surface area contributed by atoms with Gasteiger partial charge in [-0.1, -0.05) is 11.6 Å². The third-order valence-corrected chi connectivity index (χ3v) is 5.86. The van der Waals surface area contributed by atoms with E-state index in [1.165, 1.54) is 29.8 Å². The van der Waals surface area contributed by atoms with Crippen LogP contribution in [0.15, 0.2) is 35.9 Å². The fourth-order valence-electron chi connectivity index (χ4n) is 4.04. The lowest BCUT2D eigenvalue weighted by molar-refractivity contribution is -0.127.